The monoisotopic (exact) mass is 203 g/mol. The van der Waals surface area contributed by atoms with Crippen LogP contribution >= 0.6 is 0 Å². The predicted molar refractivity (Wildman–Crippen MR) is 54.8 cm³/mol. The molecular formula is C10H21NO3. The smallest absolute Gasteiger partial charge is 0.353 e. The van der Waals surface area contributed by atoms with E-state index in [0.29, 0.717) is 0 Å². The number of nitrogens with zero attached hydrogens (tertiary/aromatic N) is 1. The highest BCUT2D eigenvalue weighted by Crippen LogP contribution is 2.17. The number of carbonyl (C=O) groups excluding carboxylic acids is 1. The lowest BCUT2D eigenvalue weighted by Crippen LogP contribution is -2.54. The number of methoxy groups -OCH3 is 1. The van der Waals surface area contributed by atoms with E-state index < -0.39 is 11.7 Å². The zero-order valence-electron chi connectivity index (χ0n) is 9.70. The second kappa shape index (κ2) is 5.32. The van der Waals surface area contributed by atoms with Gasteiger partial charge in [0, 0.05) is 6.04 Å². The summed E-state index contributed by atoms with van der Waals surface area (Å²) < 4.78 is 4.53. The van der Waals surface area contributed by atoms with Gasteiger partial charge in [-0.25, -0.2) is 4.79 Å². The Morgan fingerprint density at radius 2 is 2.14 bits per heavy atom. The van der Waals surface area contributed by atoms with Crippen LogP contribution in [0.3, 0.4) is 0 Å². The van der Waals surface area contributed by atoms with Crippen molar-refractivity contribution in [2.45, 2.75) is 45.4 Å². The number of carbonyl (C=O) groups is 1. The number of ether oxygens (including phenoxy) is 1. The van der Waals surface area contributed by atoms with E-state index in [4.69, 9.17) is 0 Å². The number of hydrogen-bond acceptors (Lipinski definition) is 4. The molecule has 0 heterocycles. The number of aliphatic hydroxyl groups is 1. The van der Waals surface area contributed by atoms with Crippen LogP contribution in [0, 0.1) is 0 Å². The van der Waals surface area contributed by atoms with Gasteiger partial charge < -0.3 is 9.84 Å². The summed E-state index contributed by atoms with van der Waals surface area (Å²) in [5.41, 5.74) is -1.54. The van der Waals surface area contributed by atoms with E-state index in [1.165, 1.54) is 14.0 Å². The van der Waals surface area contributed by atoms with Gasteiger partial charge in [-0.2, -0.15) is 0 Å². The molecule has 2 atom stereocenters. The zero-order chi connectivity index (χ0) is 11.4. The summed E-state index contributed by atoms with van der Waals surface area (Å²) in [5, 5.41) is 9.90. The number of hydrogen-bond donors (Lipinski definition) is 1. The third-order valence-corrected chi connectivity index (χ3v) is 2.63. The van der Waals surface area contributed by atoms with Gasteiger partial charge >= 0.3 is 5.97 Å². The van der Waals surface area contributed by atoms with Crippen LogP contribution < -0.4 is 0 Å². The van der Waals surface area contributed by atoms with E-state index in [-0.39, 0.29) is 6.04 Å². The van der Waals surface area contributed by atoms with Crippen molar-refractivity contribution in [3.8, 4) is 0 Å². The summed E-state index contributed by atoms with van der Waals surface area (Å²) in [5.74, 6) is -0.622. The molecule has 0 aromatic carbocycles. The van der Waals surface area contributed by atoms with E-state index >= 15 is 0 Å². The maximum absolute atomic E-state index is 11.3. The molecule has 0 saturated carbocycles. The Hall–Kier alpha value is -0.610. The lowest BCUT2D eigenvalue weighted by atomic mass is 10.1. The molecule has 4 nitrogen and oxygen atoms in total. The van der Waals surface area contributed by atoms with Crippen molar-refractivity contribution < 1.29 is 14.6 Å². The minimum atomic E-state index is -1.54. The number of esters is 1. The highest BCUT2D eigenvalue weighted by molar-refractivity contribution is 5.78. The van der Waals surface area contributed by atoms with Gasteiger partial charge in [0.05, 0.1) is 7.11 Å². The van der Waals surface area contributed by atoms with Crippen LogP contribution in [0.2, 0.25) is 0 Å². The Balaban J connectivity index is 4.48. The van der Waals surface area contributed by atoms with Crippen molar-refractivity contribution in [3.05, 3.63) is 0 Å². The molecular weight excluding hydrogens is 182 g/mol. The molecule has 0 rings (SSSR count). The summed E-state index contributed by atoms with van der Waals surface area (Å²) in [6, 6.07) is 0.147. The molecule has 84 valence electrons. The maximum Gasteiger partial charge on any atom is 0.353 e. The van der Waals surface area contributed by atoms with E-state index in [1.54, 1.807) is 11.9 Å². The molecule has 0 saturated heterocycles. The van der Waals surface area contributed by atoms with Crippen LogP contribution in [-0.2, 0) is 9.53 Å². The average Bonchev–Trinajstić information content (AvgIpc) is 2.15. The average molecular weight is 203 g/mol. The summed E-state index contributed by atoms with van der Waals surface area (Å²) in [7, 11) is 2.99. The van der Waals surface area contributed by atoms with Crippen LogP contribution in [0.5, 0.6) is 0 Å². The van der Waals surface area contributed by atoms with Crippen molar-refractivity contribution >= 4 is 5.97 Å². The fraction of sp³-hybridized carbons (Fsp3) is 0.900. The van der Waals surface area contributed by atoms with Crippen molar-refractivity contribution in [3.63, 3.8) is 0 Å². The molecule has 0 aliphatic carbocycles. The first kappa shape index (κ1) is 13.4. The summed E-state index contributed by atoms with van der Waals surface area (Å²) >= 11 is 0. The van der Waals surface area contributed by atoms with Gasteiger partial charge in [-0.15, -0.1) is 0 Å². The third-order valence-electron chi connectivity index (χ3n) is 2.63. The van der Waals surface area contributed by atoms with Crippen LogP contribution in [0.15, 0.2) is 0 Å². The Morgan fingerprint density at radius 3 is 2.50 bits per heavy atom. The molecule has 0 aromatic rings. The molecule has 4 heteroatoms. The Kier molecular flexibility index (Phi) is 5.08. The first-order chi connectivity index (χ1) is 6.37. The minimum Gasteiger partial charge on any atom is -0.466 e. The molecule has 0 aliphatic heterocycles. The van der Waals surface area contributed by atoms with E-state index in [2.05, 4.69) is 11.7 Å². The standard InChI is InChI=1S/C10H21NO3/c1-6-7-8(2)11(4)10(3,13)9(12)14-5/h8,13H,6-7H2,1-5H3. The summed E-state index contributed by atoms with van der Waals surface area (Å²) in [6.45, 7) is 5.49. The lowest BCUT2D eigenvalue weighted by Gasteiger charge is -2.35. The highest BCUT2D eigenvalue weighted by atomic mass is 16.5. The van der Waals surface area contributed by atoms with Gasteiger partial charge in [0.1, 0.15) is 0 Å². The largest absolute Gasteiger partial charge is 0.466 e. The SMILES string of the molecule is CCCC(C)N(C)C(C)(O)C(=O)OC. The van der Waals surface area contributed by atoms with E-state index in [1.807, 2.05) is 6.92 Å². The molecule has 0 radical (unpaired) electrons. The fourth-order valence-corrected chi connectivity index (χ4v) is 1.38. The molecule has 14 heavy (non-hydrogen) atoms. The van der Waals surface area contributed by atoms with Gasteiger partial charge in [-0.1, -0.05) is 13.3 Å². The van der Waals surface area contributed by atoms with E-state index in [9.17, 15) is 9.90 Å². The lowest BCUT2D eigenvalue weighted by molar-refractivity contribution is -0.183. The topological polar surface area (TPSA) is 49.8 Å². The minimum absolute atomic E-state index is 0.147. The van der Waals surface area contributed by atoms with Crippen molar-refractivity contribution in [1.29, 1.82) is 0 Å². The third kappa shape index (κ3) is 2.96. The Labute approximate surface area is 85.9 Å². The molecule has 0 aromatic heterocycles. The van der Waals surface area contributed by atoms with Crippen LogP contribution in [0.4, 0.5) is 0 Å². The number of likely N-dealkylation sites (N-methyl/N-ethyl adjacent to an activating group) is 1. The fourth-order valence-electron chi connectivity index (χ4n) is 1.38. The molecule has 0 fully saturated rings. The first-order valence-corrected chi connectivity index (χ1v) is 4.91. The van der Waals surface area contributed by atoms with Crippen molar-refractivity contribution in [1.82, 2.24) is 4.90 Å². The second-order valence-corrected chi connectivity index (χ2v) is 3.76. The van der Waals surface area contributed by atoms with Crippen LogP contribution in [0.25, 0.3) is 0 Å². The predicted octanol–water partition coefficient (Wildman–Crippen LogP) is 0.988. The van der Waals surface area contributed by atoms with Gasteiger partial charge in [-0.05, 0) is 27.3 Å². The van der Waals surface area contributed by atoms with Crippen molar-refractivity contribution in [2.24, 2.45) is 0 Å². The van der Waals surface area contributed by atoms with Crippen molar-refractivity contribution in [2.75, 3.05) is 14.2 Å². The number of rotatable bonds is 5. The van der Waals surface area contributed by atoms with Gasteiger partial charge in [0.25, 0.3) is 0 Å². The van der Waals surface area contributed by atoms with Crippen LogP contribution in [-0.4, -0.2) is 41.9 Å². The molecule has 0 amide bonds. The quantitative estimate of drug-likeness (QED) is 0.534. The molecule has 0 bridgehead atoms. The molecule has 2 unspecified atom stereocenters. The summed E-state index contributed by atoms with van der Waals surface area (Å²) in [4.78, 5) is 12.9. The van der Waals surface area contributed by atoms with E-state index in [0.717, 1.165) is 12.8 Å². The summed E-state index contributed by atoms with van der Waals surface area (Å²) in [6.07, 6.45) is 1.95. The molecule has 0 spiro atoms. The van der Waals surface area contributed by atoms with Crippen LogP contribution in [0.1, 0.15) is 33.6 Å². The Morgan fingerprint density at radius 1 is 1.64 bits per heavy atom. The van der Waals surface area contributed by atoms with Gasteiger partial charge in [0.2, 0.25) is 5.72 Å². The van der Waals surface area contributed by atoms with Gasteiger partial charge in [0.15, 0.2) is 0 Å². The van der Waals surface area contributed by atoms with Gasteiger partial charge in [-0.3, -0.25) is 4.90 Å². The molecule has 0 aliphatic rings. The maximum atomic E-state index is 11.3. The normalized spacial score (nSPS) is 17.6. The first-order valence-electron chi connectivity index (χ1n) is 4.91. The highest BCUT2D eigenvalue weighted by Gasteiger charge is 2.38. The molecule has 1 N–H and O–H groups in total. The Bertz CT molecular complexity index is 192. The second-order valence-electron chi connectivity index (χ2n) is 3.76. The zero-order valence-corrected chi connectivity index (χ0v) is 9.70.